The first-order valence-corrected chi connectivity index (χ1v) is 6.84. The smallest absolute Gasteiger partial charge is 0.130 e. The summed E-state index contributed by atoms with van der Waals surface area (Å²) in [5.41, 5.74) is 0.474. The molecule has 3 heteroatoms. The number of rotatable bonds is 6. The fourth-order valence-corrected chi connectivity index (χ4v) is 3.06. The number of carbonyl (C=O) groups excluding carboxylic acids is 1. The number of ketones is 1. The lowest BCUT2D eigenvalue weighted by molar-refractivity contribution is -0.118. The molecule has 17 heavy (non-hydrogen) atoms. The summed E-state index contributed by atoms with van der Waals surface area (Å²) in [6.45, 7) is 6.17. The molecular weight excluding hydrogens is 214 g/mol. The first-order chi connectivity index (χ1) is 8.13. The molecule has 1 saturated carbocycles. The molecule has 1 heterocycles. The molecule has 2 aliphatic rings. The summed E-state index contributed by atoms with van der Waals surface area (Å²) < 4.78 is 5.31. The first kappa shape index (κ1) is 13.0. The molecule has 1 aliphatic carbocycles. The van der Waals surface area contributed by atoms with Crippen LogP contribution < -0.4 is 0 Å². The van der Waals surface area contributed by atoms with Crippen LogP contribution in [0.15, 0.2) is 0 Å². The largest absolute Gasteiger partial charge is 0.384 e. The van der Waals surface area contributed by atoms with Gasteiger partial charge in [-0.2, -0.15) is 0 Å². The highest BCUT2D eigenvalue weighted by Gasteiger charge is 2.44. The Hall–Kier alpha value is -0.410. The van der Waals surface area contributed by atoms with Gasteiger partial charge >= 0.3 is 0 Å². The zero-order valence-corrected chi connectivity index (χ0v) is 11.2. The first-order valence-electron chi connectivity index (χ1n) is 6.84. The van der Waals surface area contributed by atoms with Crippen LogP contribution >= 0.6 is 0 Å². The molecule has 3 nitrogen and oxygen atoms in total. The van der Waals surface area contributed by atoms with E-state index in [1.54, 1.807) is 14.0 Å². The Morgan fingerprint density at radius 3 is 2.47 bits per heavy atom. The maximum atomic E-state index is 11.1. The lowest BCUT2D eigenvalue weighted by Gasteiger charge is -2.34. The summed E-state index contributed by atoms with van der Waals surface area (Å²) in [6, 6.07) is 0. The third-order valence-corrected chi connectivity index (χ3v) is 4.25. The number of ether oxygens (including phenoxy) is 1. The molecule has 0 aromatic heterocycles. The minimum atomic E-state index is 0.349. The van der Waals surface area contributed by atoms with Gasteiger partial charge in [0, 0.05) is 25.5 Å². The minimum absolute atomic E-state index is 0.349. The summed E-state index contributed by atoms with van der Waals surface area (Å²) >= 11 is 0. The number of hydrogen-bond donors (Lipinski definition) is 0. The van der Waals surface area contributed by atoms with Gasteiger partial charge in [-0.3, -0.25) is 0 Å². The summed E-state index contributed by atoms with van der Waals surface area (Å²) in [6.07, 6.45) is 5.84. The van der Waals surface area contributed by atoms with E-state index in [0.29, 0.717) is 17.1 Å². The Balaban J connectivity index is 1.70. The van der Waals surface area contributed by atoms with Gasteiger partial charge < -0.3 is 14.4 Å². The van der Waals surface area contributed by atoms with Gasteiger partial charge in [0.05, 0.1) is 6.61 Å². The minimum Gasteiger partial charge on any atom is -0.384 e. The number of methoxy groups -OCH3 is 1. The second kappa shape index (κ2) is 5.49. The number of nitrogens with zero attached hydrogens (tertiary/aromatic N) is 1. The number of Topliss-reactive ketones (excluding diaryl/α,β-unsaturated/α-hetero) is 1. The normalized spacial score (nSPS) is 24.8. The van der Waals surface area contributed by atoms with Crippen LogP contribution in [0.25, 0.3) is 0 Å². The fourth-order valence-electron chi connectivity index (χ4n) is 3.06. The van der Waals surface area contributed by atoms with E-state index in [0.717, 1.165) is 13.0 Å². The quantitative estimate of drug-likeness (QED) is 0.711. The molecule has 0 aromatic carbocycles. The Kier molecular flexibility index (Phi) is 4.21. The van der Waals surface area contributed by atoms with Gasteiger partial charge in [-0.05, 0) is 51.6 Å². The van der Waals surface area contributed by atoms with E-state index < -0.39 is 0 Å². The zero-order valence-electron chi connectivity index (χ0n) is 11.2. The molecule has 1 saturated heterocycles. The fraction of sp³-hybridized carbons (Fsp3) is 0.929. The van der Waals surface area contributed by atoms with Gasteiger partial charge in [0.25, 0.3) is 0 Å². The van der Waals surface area contributed by atoms with Crippen molar-refractivity contribution in [2.45, 2.75) is 39.0 Å². The van der Waals surface area contributed by atoms with Crippen LogP contribution in [-0.4, -0.2) is 44.0 Å². The second-order valence-electron chi connectivity index (χ2n) is 6.06. The molecule has 98 valence electrons. The van der Waals surface area contributed by atoms with Gasteiger partial charge in [-0.1, -0.05) is 0 Å². The van der Waals surface area contributed by atoms with Gasteiger partial charge in [0.2, 0.25) is 0 Å². The Morgan fingerprint density at radius 2 is 2.00 bits per heavy atom. The summed E-state index contributed by atoms with van der Waals surface area (Å²) in [7, 11) is 1.80. The molecule has 2 fully saturated rings. The highest BCUT2D eigenvalue weighted by Crippen LogP contribution is 2.46. The summed E-state index contributed by atoms with van der Waals surface area (Å²) in [5, 5.41) is 0. The molecule has 0 N–H and O–H groups in total. The molecule has 2 rings (SSSR count). The predicted octanol–water partition coefficient (Wildman–Crippen LogP) is 2.10. The average Bonchev–Trinajstić information content (AvgIpc) is 3.01. The Morgan fingerprint density at radius 1 is 1.35 bits per heavy atom. The second-order valence-corrected chi connectivity index (χ2v) is 6.06. The van der Waals surface area contributed by atoms with E-state index in [2.05, 4.69) is 4.90 Å². The molecule has 0 radical (unpaired) electrons. The van der Waals surface area contributed by atoms with Crippen LogP contribution in [0.1, 0.15) is 39.0 Å². The van der Waals surface area contributed by atoms with Crippen molar-refractivity contribution in [1.29, 1.82) is 0 Å². The van der Waals surface area contributed by atoms with Crippen molar-refractivity contribution < 1.29 is 9.53 Å². The van der Waals surface area contributed by atoms with E-state index in [9.17, 15) is 4.79 Å². The van der Waals surface area contributed by atoms with E-state index >= 15 is 0 Å². The highest BCUT2D eigenvalue weighted by atomic mass is 16.5. The molecule has 0 unspecified atom stereocenters. The topological polar surface area (TPSA) is 29.5 Å². The monoisotopic (exact) mass is 239 g/mol. The van der Waals surface area contributed by atoms with Crippen molar-refractivity contribution in [3.63, 3.8) is 0 Å². The van der Waals surface area contributed by atoms with E-state index in [1.165, 1.54) is 45.3 Å². The van der Waals surface area contributed by atoms with Crippen molar-refractivity contribution in [3.8, 4) is 0 Å². The molecule has 0 bridgehead atoms. The molecule has 1 aliphatic heterocycles. The van der Waals surface area contributed by atoms with Crippen molar-refractivity contribution in [1.82, 2.24) is 4.90 Å². The van der Waals surface area contributed by atoms with Crippen molar-refractivity contribution >= 4 is 5.78 Å². The molecule has 0 spiro atoms. The summed E-state index contributed by atoms with van der Waals surface area (Å²) in [4.78, 5) is 13.7. The maximum Gasteiger partial charge on any atom is 0.130 e. The molecule has 0 atom stereocenters. The third-order valence-electron chi connectivity index (χ3n) is 4.25. The zero-order chi connectivity index (χ0) is 12.3. The standard InChI is InChI=1S/C14H25NO2/c1-12(16)9-13-3-7-15(8-4-13)10-14(5-6-14)11-17-2/h13H,3-11H2,1-2H3. The van der Waals surface area contributed by atoms with Crippen LogP contribution in [0.2, 0.25) is 0 Å². The van der Waals surface area contributed by atoms with E-state index in [1.807, 2.05) is 0 Å². The third kappa shape index (κ3) is 3.78. The molecule has 0 aromatic rings. The van der Waals surface area contributed by atoms with Crippen LogP contribution in [0.5, 0.6) is 0 Å². The van der Waals surface area contributed by atoms with E-state index in [-0.39, 0.29) is 0 Å². The average molecular weight is 239 g/mol. The van der Waals surface area contributed by atoms with Crippen LogP contribution in [0.3, 0.4) is 0 Å². The lowest BCUT2D eigenvalue weighted by Crippen LogP contribution is -2.39. The van der Waals surface area contributed by atoms with Gasteiger partial charge in [-0.25, -0.2) is 0 Å². The van der Waals surface area contributed by atoms with Crippen molar-refractivity contribution in [2.75, 3.05) is 33.4 Å². The molecule has 0 amide bonds. The number of hydrogen-bond acceptors (Lipinski definition) is 3. The van der Waals surface area contributed by atoms with Gasteiger partial charge in [-0.15, -0.1) is 0 Å². The number of piperidine rings is 1. The van der Waals surface area contributed by atoms with Crippen molar-refractivity contribution in [2.24, 2.45) is 11.3 Å². The number of carbonyl (C=O) groups is 1. The van der Waals surface area contributed by atoms with E-state index in [4.69, 9.17) is 4.74 Å². The number of likely N-dealkylation sites (tertiary alicyclic amines) is 1. The van der Waals surface area contributed by atoms with Gasteiger partial charge in [0.1, 0.15) is 5.78 Å². The van der Waals surface area contributed by atoms with Crippen LogP contribution in [0.4, 0.5) is 0 Å². The van der Waals surface area contributed by atoms with Crippen LogP contribution in [0, 0.1) is 11.3 Å². The Bertz CT molecular complexity index is 265. The SMILES string of the molecule is COCC1(CN2CCC(CC(C)=O)CC2)CC1. The highest BCUT2D eigenvalue weighted by molar-refractivity contribution is 5.75. The maximum absolute atomic E-state index is 11.1. The van der Waals surface area contributed by atoms with Gasteiger partial charge in [0.15, 0.2) is 0 Å². The Labute approximate surface area is 105 Å². The molecular formula is C14H25NO2. The predicted molar refractivity (Wildman–Crippen MR) is 68.0 cm³/mol. The summed E-state index contributed by atoms with van der Waals surface area (Å²) in [5.74, 6) is 0.989. The lowest BCUT2D eigenvalue weighted by atomic mass is 9.91. The van der Waals surface area contributed by atoms with Crippen molar-refractivity contribution in [3.05, 3.63) is 0 Å². The van der Waals surface area contributed by atoms with Crippen LogP contribution in [-0.2, 0) is 9.53 Å².